The van der Waals surface area contributed by atoms with E-state index >= 15 is 0 Å². The van der Waals surface area contributed by atoms with E-state index < -0.39 is 16.1 Å². The van der Waals surface area contributed by atoms with Crippen molar-refractivity contribution in [2.24, 2.45) is 5.92 Å². The lowest BCUT2D eigenvalue weighted by Gasteiger charge is -2.43. The zero-order valence-corrected chi connectivity index (χ0v) is 23.1. The smallest absolute Gasteiger partial charge is 0.280 e. The molecule has 3 heterocycles. The SMILES string of the molecule is CCOc1cncc(-c2cnc(C(=O)N[C@H](c3cc(NS(=O)(=O)C4CC4)ccn3)[C@H]3C[C@@H](N(C)C)C3)s2)n1. The van der Waals surface area contributed by atoms with Crippen LogP contribution in [0.2, 0.25) is 0 Å². The summed E-state index contributed by atoms with van der Waals surface area (Å²) < 4.78 is 33.0. The van der Waals surface area contributed by atoms with Crippen LogP contribution in [0.15, 0.2) is 36.9 Å². The lowest BCUT2D eigenvalue weighted by atomic mass is 9.74. The number of hydrogen-bond acceptors (Lipinski definition) is 10. The minimum absolute atomic E-state index is 0.155. The maximum Gasteiger partial charge on any atom is 0.280 e. The number of ether oxygens (including phenoxy) is 1. The summed E-state index contributed by atoms with van der Waals surface area (Å²) in [4.78, 5) is 33.7. The zero-order chi connectivity index (χ0) is 26.9. The van der Waals surface area contributed by atoms with Crippen molar-refractivity contribution >= 4 is 33.0 Å². The van der Waals surface area contributed by atoms with Crippen LogP contribution in [0, 0.1) is 5.92 Å². The van der Waals surface area contributed by atoms with Crippen molar-refractivity contribution in [1.29, 1.82) is 0 Å². The van der Waals surface area contributed by atoms with Gasteiger partial charge in [0.1, 0.15) is 5.69 Å². The number of amides is 1. The Bertz CT molecular complexity index is 1400. The van der Waals surface area contributed by atoms with Crippen LogP contribution >= 0.6 is 11.3 Å². The predicted molar refractivity (Wildman–Crippen MR) is 145 cm³/mol. The summed E-state index contributed by atoms with van der Waals surface area (Å²) in [6.07, 6.45) is 9.46. The second kappa shape index (κ2) is 10.9. The van der Waals surface area contributed by atoms with E-state index in [9.17, 15) is 13.2 Å². The van der Waals surface area contributed by atoms with Gasteiger partial charge in [0, 0.05) is 18.4 Å². The first kappa shape index (κ1) is 26.4. The van der Waals surface area contributed by atoms with Gasteiger partial charge in [-0.15, -0.1) is 11.3 Å². The Balaban J connectivity index is 1.36. The van der Waals surface area contributed by atoms with E-state index in [1.54, 1.807) is 30.7 Å². The number of aromatic nitrogens is 4. The van der Waals surface area contributed by atoms with Crippen molar-refractivity contribution in [2.45, 2.75) is 49.9 Å². The molecule has 0 unspecified atom stereocenters. The first-order chi connectivity index (χ1) is 18.2. The highest BCUT2D eigenvalue weighted by atomic mass is 32.2. The van der Waals surface area contributed by atoms with Gasteiger partial charge in [0.05, 0.1) is 46.6 Å². The minimum atomic E-state index is -3.41. The molecule has 0 bridgehead atoms. The Labute approximate surface area is 226 Å². The zero-order valence-electron chi connectivity index (χ0n) is 21.5. The third-order valence-corrected chi connectivity index (χ3v) is 9.71. The molecule has 0 radical (unpaired) electrons. The van der Waals surface area contributed by atoms with Gasteiger partial charge in [-0.2, -0.15) is 0 Å². The Morgan fingerprint density at radius 1 is 1.21 bits per heavy atom. The summed E-state index contributed by atoms with van der Waals surface area (Å²) in [6.45, 7) is 2.35. The van der Waals surface area contributed by atoms with Crippen molar-refractivity contribution in [3.63, 3.8) is 0 Å². The highest BCUT2D eigenvalue weighted by molar-refractivity contribution is 7.93. The summed E-state index contributed by atoms with van der Waals surface area (Å²) in [7, 11) is 0.673. The van der Waals surface area contributed by atoms with Crippen molar-refractivity contribution in [3.8, 4) is 16.5 Å². The molecule has 1 amide bonds. The Morgan fingerprint density at radius 2 is 2.00 bits per heavy atom. The van der Waals surface area contributed by atoms with Crippen molar-refractivity contribution in [1.82, 2.24) is 30.2 Å². The fraction of sp³-hybridized carbons (Fsp3) is 0.480. The monoisotopic (exact) mass is 557 g/mol. The van der Waals surface area contributed by atoms with E-state index in [0.717, 1.165) is 12.8 Å². The lowest BCUT2D eigenvalue weighted by Crippen LogP contribution is -2.47. The van der Waals surface area contributed by atoms with Gasteiger partial charge >= 0.3 is 0 Å². The summed E-state index contributed by atoms with van der Waals surface area (Å²) >= 11 is 1.22. The van der Waals surface area contributed by atoms with Crippen molar-refractivity contribution in [2.75, 3.05) is 25.4 Å². The van der Waals surface area contributed by atoms with Crippen LogP contribution in [0.1, 0.15) is 54.1 Å². The third-order valence-electron chi connectivity index (χ3n) is 6.82. The van der Waals surface area contributed by atoms with Gasteiger partial charge in [0.25, 0.3) is 5.91 Å². The summed E-state index contributed by atoms with van der Waals surface area (Å²) in [5.74, 6) is 0.245. The first-order valence-electron chi connectivity index (χ1n) is 12.6. The van der Waals surface area contributed by atoms with Crippen LogP contribution in [-0.2, 0) is 10.0 Å². The summed E-state index contributed by atoms with van der Waals surface area (Å²) in [5, 5.41) is 3.08. The predicted octanol–water partition coefficient (Wildman–Crippen LogP) is 3.11. The van der Waals surface area contributed by atoms with Crippen LogP contribution in [0.3, 0.4) is 0 Å². The molecular formula is C25H31N7O4S2. The number of thiazole rings is 1. The number of carbonyl (C=O) groups excluding carboxylic acids is 1. The van der Waals surface area contributed by atoms with Gasteiger partial charge < -0.3 is 15.0 Å². The topological polar surface area (TPSA) is 139 Å². The molecule has 0 aromatic carbocycles. The number of sulfonamides is 1. The Kier molecular flexibility index (Phi) is 7.59. The molecule has 2 aliphatic rings. The number of carbonyl (C=O) groups is 1. The quantitative estimate of drug-likeness (QED) is 0.364. The van der Waals surface area contributed by atoms with Gasteiger partial charge in [0.2, 0.25) is 15.9 Å². The van der Waals surface area contributed by atoms with E-state index in [1.807, 2.05) is 21.0 Å². The molecule has 2 N–H and O–H groups in total. The second-order valence-electron chi connectivity index (χ2n) is 9.82. The van der Waals surface area contributed by atoms with Crippen LogP contribution < -0.4 is 14.8 Å². The number of nitrogens with zero attached hydrogens (tertiary/aromatic N) is 5. The number of hydrogen-bond donors (Lipinski definition) is 2. The van der Waals surface area contributed by atoms with E-state index in [0.29, 0.717) is 58.3 Å². The number of anilines is 1. The highest BCUT2D eigenvalue weighted by Crippen LogP contribution is 2.40. The molecule has 202 valence electrons. The average Bonchev–Trinajstić information content (AvgIpc) is 3.60. The van der Waals surface area contributed by atoms with Gasteiger partial charge in [-0.05, 0) is 64.8 Å². The van der Waals surface area contributed by atoms with Crippen LogP contribution in [0.4, 0.5) is 5.69 Å². The molecule has 38 heavy (non-hydrogen) atoms. The lowest BCUT2D eigenvalue weighted by molar-refractivity contribution is 0.0757. The number of nitrogens with one attached hydrogen (secondary N) is 2. The maximum absolute atomic E-state index is 13.3. The number of pyridine rings is 1. The standard InChI is InChI=1S/C25H31N7O4S2/c1-4-36-22-14-26-12-20(29-22)21-13-28-25(37-21)24(33)30-23(15-9-17(10-15)32(2)3)19-11-16(7-8-27-19)31-38(34,35)18-5-6-18/h7-8,11-15,17-18,23H,4-6,9-10H2,1-3H3,(H,27,31)(H,30,33)/t15-,17+,23-/m0/s1. The molecule has 0 spiro atoms. The maximum atomic E-state index is 13.3. The molecule has 11 nitrogen and oxygen atoms in total. The molecular weight excluding hydrogens is 526 g/mol. The second-order valence-corrected chi connectivity index (χ2v) is 12.8. The normalized spacial score (nSPS) is 20.0. The first-order valence-corrected chi connectivity index (χ1v) is 15.0. The Morgan fingerprint density at radius 3 is 2.71 bits per heavy atom. The molecule has 5 rings (SSSR count). The largest absolute Gasteiger partial charge is 0.477 e. The fourth-order valence-electron chi connectivity index (χ4n) is 4.45. The Hall–Kier alpha value is -3.16. The van der Waals surface area contributed by atoms with Crippen LogP contribution in [-0.4, -0.2) is 71.2 Å². The molecule has 2 aliphatic carbocycles. The van der Waals surface area contributed by atoms with Gasteiger partial charge in [-0.25, -0.2) is 18.4 Å². The highest BCUT2D eigenvalue weighted by Gasteiger charge is 2.39. The molecule has 2 saturated carbocycles. The summed E-state index contributed by atoms with van der Waals surface area (Å²) in [6, 6.07) is 3.38. The van der Waals surface area contributed by atoms with Gasteiger partial charge in [-0.1, -0.05) is 0 Å². The fourth-order valence-corrected chi connectivity index (χ4v) is 6.60. The van der Waals surface area contributed by atoms with E-state index in [2.05, 4.69) is 34.9 Å². The van der Waals surface area contributed by atoms with Crippen molar-refractivity contribution in [3.05, 3.63) is 47.6 Å². The van der Waals surface area contributed by atoms with Gasteiger partial charge in [0.15, 0.2) is 5.01 Å². The molecule has 13 heteroatoms. The van der Waals surface area contributed by atoms with Gasteiger partial charge in [-0.3, -0.25) is 19.5 Å². The van der Waals surface area contributed by atoms with E-state index in [-0.39, 0.29) is 17.1 Å². The van der Waals surface area contributed by atoms with E-state index in [1.165, 1.54) is 17.5 Å². The minimum Gasteiger partial charge on any atom is -0.477 e. The molecule has 2 fully saturated rings. The van der Waals surface area contributed by atoms with Crippen LogP contribution in [0.5, 0.6) is 5.88 Å². The van der Waals surface area contributed by atoms with Crippen LogP contribution in [0.25, 0.3) is 10.6 Å². The number of rotatable bonds is 11. The molecule has 0 saturated heterocycles. The molecule has 0 aliphatic heterocycles. The molecule has 1 atom stereocenters. The van der Waals surface area contributed by atoms with E-state index in [4.69, 9.17) is 4.74 Å². The average molecular weight is 558 g/mol. The third kappa shape index (κ3) is 5.94. The molecule has 3 aromatic rings. The van der Waals surface area contributed by atoms with Crippen molar-refractivity contribution < 1.29 is 17.9 Å². The molecule has 3 aromatic heterocycles. The summed E-state index contributed by atoms with van der Waals surface area (Å²) in [5.41, 5.74) is 1.65.